The Morgan fingerprint density at radius 1 is 1.04 bits per heavy atom. The number of aryl methyl sites for hydroxylation is 1. The molecule has 4 aromatic rings. The molecule has 1 aliphatic heterocycles. The maximum Gasteiger partial charge on any atom is 0.222 e. The summed E-state index contributed by atoms with van der Waals surface area (Å²) >= 11 is 0. The predicted octanol–water partition coefficient (Wildman–Crippen LogP) is 4.48. The number of aromatic amines is 1. The summed E-state index contributed by atoms with van der Waals surface area (Å²) < 4.78 is 5.78. The lowest BCUT2D eigenvalue weighted by molar-refractivity contribution is 0.345. The van der Waals surface area contributed by atoms with Crippen molar-refractivity contribution in [3.8, 4) is 17.3 Å². The van der Waals surface area contributed by atoms with Crippen molar-refractivity contribution in [1.82, 2.24) is 15.0 Å². The lowest BCUT2D eigenvalue weighted by Gasteiger charge is -2.11. The predicted molar refractivity (Wildman–Crippen MR) is 107 cm³/mol. The second-order valence-corrected chi connectivity index (χ2v) is 6.79. The van der Waals surface area contributed by atoms with E-state index in [0.717, 1.165) is 46.5 Å². The molecule has 5 rings (SSSR count). The molecule has 0 fully saturated rings. The number of aromatic nitrogens is 3. The highest BCUT2D eigenvalue weighted by molar-refractivity contribution is 5.95. The van der Waals surface area contributed by atoms with Gasteiger partial charge in [-0.3, -0.25) is 0 Å². The normalized spacial score (nSPS) is 12.8. The first-order chi connectivity index (χ1) is 13.3. The number of rotatable bonds is 4. The monoisotopic (exact) mass is 356 g/mol. The molecule has 0 aliphatic carbocycles. The van der Waals surface area contributed by atoms with E-state index in [1.165, 1.54) is 5.56 Å². The molecule has 0 atom stereocenters. The molecule has 5 heteroatoms. The maximum absolute atomic E-state index is 5.78. The first-order valence-electron chi connectivity index (χ1n) is 9.19. The van der Waals surface area contributed by atoms with Crippen molar-refractivity contribution < 1.29 is 4.74 Å². The van der Waals surface area contributed by atoms with E-state index in [0.29, 0.717) is 18.3 Å². The standard InChI is InChI=1S/C22H20N4O/c1-14-19(16-9-5-6-10-18(16)24-14)21-25-20(17-11-12-27-22(17)26-21)23-13-15-7-3-2-4-8-15/h2-10,24H,11-13H2,1H3,(H,23,25,26). The molecule has 0 bridgehead atoms. The van der Waals surface area contributed by atoms with Gasteiger partial charge in [-0.2, -0.15) is 4.98 Å². The zero-order valence-corrected chi connectivity index (χ0v) is 15.1. The highest BCUT2D eigenvalue weighted by Gasteiger charge is 2.23. The fourth-order valence-electron chi connectivity index (χ4n) is 3.66. The molecule has 2 N–H and O–H groups in total. The zero-order valence-electron chi connectivity index (χ0n) is 15.1. The van der Waals surface area contributed by atoms with Gasteiger partial charge in [-0.1, -0.05) is 48.5 Å². The average Bonchev–Trinajstić information content (AvgIpc) is 3.30. The lowest BCUT2D eigenvalue weighted by atomic mass is 10.1. The molecule has 3 heterocycles. The lowest BCUT2D eigenvalue weighted by Crippen LogP contribution is -2.06. The van der Waals surface area contributed by atoms with Gasteiger partial charge in [0, 0.05) is 35.1 Å². The maximum atomic E-state index is 5.78. The van der Waals surface area contributed by atoms with Crippen molar-refractivity contribution in [2.24, 2.45) is 0 Å². The Kier molecular flexibility index (Phi) is 3.78. The Labute approximate surface area is 157 Å². The fourth-order valence-corrected chi connectivity index (χ4v) is 3.66. The molecule has 2 aromatic heterocycles. The molecule has 0 radical (unpaired) electrons. The number of hydrogen-bond acceptors (Lipinski definition) is 4. The van der Waals surface area contributed by atoms with Crippen molar-refractivity contribution >= 4 is 16.7 Å². The van der Waals surface area contributed by atoms with Crippen LogP contribution < -0.4 is 10.1 Å². The Balaban J connectivity index is 1.58. The Morgan fingerprint density at radius 2 is 1.85 bits per heavy atom. The number of benzene rings is 2. The smallest absolute Gasteiger partial charge is 0.222 e. The summed E-state index contributed by atoms with van der Waals surface area (Å²) in [7, 11) is 0. The Morgan fingerprint density at radius 3 is 2.74 bits per heavy atom. The van der Waals surface area contributed by atoms with Gasteiger partial charge in [-0.15, -0.1) is 0 Å². The summed E-state index contributed by atoms with van der Waals surface area (Å²) in [4.78, 5) is 13.0. The number of nitrogens with zero attached hydrogens (tertiary/aromatic N) is 2. The van der Waals surface area contributed by atoms with Gasteiger partial charge >= 0.3 is 0 Å². The van der Waals surface area contributed by atoms with Crippen LogP contribution in [0.15, 0.2) is 54.6 Å². The quantitative estimate of drug-likeness (QED) is 0.566. The molecule has 27 heavy (non-hydrogen) atoms. The third kappa shape index (κ3) is 2.81. The van der Waals surface area contributed by atoms with Gasteiger partial charge in [0.2, 0.25) is 5.88 Å². The third-order valence-corrected chi connectivity index (χ3v) is 4.98. The average molecular weight is 356 g/mol. The molecular weight excluding hydrogens is 336 g/mol. The van der Waals surface area contributed by atoms with Crippen molar-refractivity contribution in [2.75, 3.05) is 11.9 Å². The molecule has 0 saturated carbocycles. The molecule has 0 unspecified atom stereocenters. The Bertz CT molecular complexity index is 1120. The van der Waals surface area contributed by atoms with Gasteiger partial charge in [0.15, 0.2) is 5.82 Å². The first kappa shape index (κ1) is 15.9. The molecule has 5 nitrogen and oxygen atoms in total. The van der Waals surface area contributed by atoms with E-state index in [2.05, 4.69) is 41.5 Å². The van der Waals surface area contributed by atoms with Gasteiger partial charge in [0.1, 0.15) is 5.82 Å². The molecule has 1 aliphatic rings. The minimum atomic E-state index is 0.653. The zero-order chi connectivity index (χ0) is 18.2. The van der Waals surface area contributed by atoms with Crippen LogP contribution in [0.2, 0.25) is 0 Å². The van der Waals surface area contributed by atoms with Crippen LogP contribution in [0.4, 0.5) is 5.82 Å². The fraction of sp³-hybridized carbons (Fsp3) is 0.182. The van der Waals surface area contributed by atoms with Crippen molar-refractivity contribution in [3.63, 3.8) is 0 Å². The van der Waals surface area contributed by atoms with E-state index >= 15 is 0 Å². The van der Waals surface area contributed by atoms with Crippen molar-refractivity contribution in [1.29, 1.82) is 0 Å². The van der Waals surface area contributed by atoms with E-state index in [4.69, 9.17) is 14.7 Å². The van der Waals surface area contributed by atoms with E-state index in [1.54, 1.807) is 0 Å². The molecule has 0 saturated heterocycles. The van der Waals surface area contributed by atoms with Crippen LogP contribution in [-0.4, -0.2) is 21.6 Å². The molecule has 134 valence electrons. The number of nitrogens with one attached hydrogen (secondary N) is 2. The summed E-state index contributed by atoms with van der Waals surface area (Å²) in [5.41, 5.74) is 5.46. The van der Waals surface area contributed by atoms with Gasteiger partial charge in [0.05, 0.1) is 12.2 Å². The highest BCUT2D eigenvalue weighted by Crippen LogP contribution is 2.35. The number of fused-ring (bicyclic) bond motifs is 2. The SMILES string of the molecule is Cc1[nH]c2ccccc2c1-c1nc(NCc2ccccc2)c2c(n1)OCC2. The number of ether oxygens (including phenoxy) is 1. The molecule has 0 spiro atoms. The van der Waals surface area contributed by atoms with Crippen LogP contribution in [0, 0.1) is 6.92 Å². The molecular formula is C22H20N4O. The van der Waals surface area contributed by atoms with E-state index < -0.39 is 0 Å². The first-order valence-corrected chi connectivity index (χ1v) is 9.19. The minimum absolute atomic E-state index is 0.653. The molecule has 2 aromatic carbocycles. The number of H-pyrrole nitrogens is 1. The summed E-state index contributed by atoms with van der Waals surface area (Å²) in [6, 6.07) is 18.6. The summed E-state index contributed by atoms with van der Waals surface area (Å²) in [5.74, 6) is 2.25. The van der Waals surface area contributed by atoms with Crippen LogP contribution in [0.25, 0.3) is 22.3 Å². The number of para-hydroxylation sites is 1. The van der Waals surface area contributed by atoms with Crippen LogP contribution in [-0.2, 0) is 13.0 Å². The van der Waals surface area contributed by atoms with E-state index in [-0.39, 0.29) is 0 Å². The largest absolute Gasteiger partial charge is 0.477 e. The van der Waals surface area contributed by atoms with Crippen molar-refractivity contribution in [2.45, 2.75) is 19.9 Å². The third-order valence-electron chi connectivity index (χ3n) is 4.98. The number of hydrogen-bond donors (Lipinski definition) is 2. The van der Waals surface area contributed by atoms with Gasteiger partial charge < -0.3 is 15.0 Å². The van der Waals surface area contributed by atoms with Crippen molar-refractivity contribution in [3.05, 3.63) is 71.4 Å². The second kappa shape index (κ2) is 6.43. The Hall–Kier alpha value is -3.34. The van der Waals surface area contributed by atoms with Gasteiger partial charge in [-0.05, 0) is 18.6 Å². The van der Waals surface area contributed by atoms with E-state index in [9.17, 15) is 0 Å². The van der Waals surface area contributed by atoms with Crippen LogP contribution in [0.3, 0.4) is 0 Å². The summed E-state index contributed by atoms with van der Waals surface area (Å²) in [5, 5.41) is 4.62. The highest BCUT2D eigenvalue weighted by atomic mass is 16.5. The minimum Gasteiger partial charge on any atom is -0.477 e. The van der Waals surface area contributed by atoms with Gasteiger partial charge in [0.25, 0.3) is 0 Å². The van der Waals surface area contributed by atoms with Crippen LogP contribution >= 0.6 is 0 Å². The second-order valence-electron chi connectivity index (χ2n) is 6.79. The summed E-state index contributed by atoms with van der Waals surface area (Å²) in [6.45, 7) is 3.43. The molecule has 0 amide bonds. The van der Waals surface area contributed by atoms with Gasteiger partial charge in [-0.25, -0.2) is 4.98 Å². The number of anilines is 1. The summed E-state index contributed by atoms with van der Waals surface area (Å²) in [6.07, 6.45) is 0.833. The van der Waals surface area contributed by atoms with Crippen LogP contribution in [0.5, 0.6) is 5.88 Å². The van der Waals surface area contributed by atoms with Crippen LogP contribution in [0.1, 0.15) is 16.8 Å². The van der Waals surface area contributed by atoms with E-state index in [1.807, 2.05) is 30.3 Å². The topological polar surface area (TPSA) is 62.8 Å².